The Morgan fingerprint density at radius 1 is 1.09 bits per heavy atom. The highest BCUT2D eigenvalue weighted by atomic mass is 32.2. The zero-order valence-corrected chi connectivity index (χ0v) is 20.7. The van der Waals surface area contributed by atoms with E-state index in [1.807, 2.05) is 51.1 Å². The van der Waals surface area contributed by atoms with E-state index in [9.17, 15) is 13.2 Å². The molecule has 0 aliphatic heterocycles. The number of hydrogen-bond donors (Lipinski definition) is 2. The van der Waals surface area contributed by atoms with Crippen molar-refractivity contribution in [3.05, 3.63) is 83.6 Å². The fourth-order valence-corrected chi connectivity index (χ4v) is 4.59. The maximum atomic E-state index is 12.7. The fourth-order valence-electron chi connectivity index (χ4n) is 4.03. The number of furan rings is 1. The molecule has 8 heteroatoms. The highest BCUT2D eigenvalue weighted by Crippen LogP contribution is 2.40. The van der Waals surface area contributed by atoms with Crippen molar-refractivity contribution >= 4 is 38.2 Å². The van der Waals surface area contributed by atoms with Gasteiger partial charge in [-0.3, -0.25) is 4.79 Å². The van der Waals surface area contributed by atoms with E-state index in [-0.39, 0.29) is 4.90 Å². The molecule has 0 unspecified atom stereocenters. The van der Waals surface area contributed by atoms with E-state index in [1.165, 1.54) is 29.8 Å². The lowest BCUT2D eigenvalue weighted by molar-refractivity contribution is -0.111. The van der Waals surface area contributed by atoms with E-state index in [4.69, 9.17) is 14.3 Å². The molecule has 0 atom stereocenters. The van der Waals surface area contributed by atoms with Crippen LogP contribution in [0.3, 0.4) is 0 Å². The molecule has 35 heavy (non-hydrogen) atoms. The third-order valence-corrected chi connectivity index (χ3v) is 6.72. The van der Waals surface area contributed by atoms with Gasteiger partial charge in [0.1, 0.15) is 11.3 Å². The SMILES string of the molecule is COc1c(/C(C)=C/C(=O)Nc2cccc(S(N)(=O)=O)c2)cc2c(-c3ccc(C)cc3)coc2c1C. The van der Waals surface area contributed by atoms with E-state index < -0.39 is 15.9 Å². The lowest BCUT2D eigenvalue weighted by Crippen LogP contribution is -2.13. The largest absolute Gasteiger partial charge is 0.496 e. The lowest BCUT2D eigenvalue weighted by Gasteiger charge is -2.13. The van der Waals surface area contributed by atoms with Gasteiger partial charge in [-0.1, -0.05) is 35.9 Å². The molecule has 0 saturated heterocycles. The summed E-state index contributed by atoms with van der Waals surface area (Å²) in [4.78, 5) is 12.7. The standard InChI is InChI=1S/C27H26N2O5S/c1-16-8-10-19(11-9-16)24-15-34-27-18(3)26(33-4)22(14-23(24)27)17(2)12-25(30)29-20-6-5-7-21(13-20)35(28,31)32/h5-15H,1-4H3,(H,29,30)(H2,28,31,32)/b17-12+. The lowest BCUT2D eigenvalue weighted by atomic mass is 9.96. The monoisotopic (exact) mass is 490 g/mol. The van der Waals surface area contributed by atoms with Gasteiger partial charge in [0.25, 0.3) is 0 Å². The predicted octanol–water partition coefficient (Wildman–Crippen LogP) is 5.41. The first-order valence-electron chi connectivity index (χ1n) is 10.9. The number of nitrogens with one attached hydrogen (secondary N) is 1. The number of amides is 1. The summed E-state index contributed by atoms with van der Waals surface area (Å²) in [5.41, 5.74) is 6.43. The Bertz CT molecular complexity index is 1570. The average Bonchev–Trinajstić information content (AvgIpc) is 3.23. The zero-order chi connectivity index (χ0) is 25.3. The topological polar surface area (TPSA) is 112 Å². The Morgan fingerprint density at radius 3 is 2.46 bits per heavy atom. The number of ether oxygens (including phenoxy) is 1. The molecule has 1 heterocycles. The molecule has 0 bridgehead atoms. The van der Waals surface area contributed by atoms with Crippen molar-refractivity contribution in [1.82, 2.24) is 0 Å². The second kappa shape index (κ2) is 9.40. The van der Waals surface area contributed by atoms with Gasteiger partial charge in [0.15, 0.2) is 0 Å². The van der Waals surface area contributed by atoms with Crippen LogP contribution in [-0.4, -0.2) is 21.4 Å². The van der Waals surface area contributed by atoms with Gasteiger partial charge in [-0.2, -0.15) is 0 Å². The van der Waals surface area contributed by atoms with Gasteiger partial charge >= 0.3 is 0 Å². The number of nitrogens with two attached hydrogens (primary N) is 1. The molecule has 0 fully saturated rings. The van der Waals surface area contributed by atoms with Crippen LogP contribution in [0.25, 0.3) is 27.7 Å². The van der Waals surface area contributed by atoms with E-state index in [2.05, 4.69) is 5.32 Å². The van der Waals surface area contributed by atoms with Crippen molar-refractivity contribution in [2.75, 3.05) is 12.4 Å². The number of rotatable bonds is 6. The van der Waals surface area contributed by atoms with Crippen molar-refractivity contribution < 1.29 is 22.4 Å². The Labute approximate surface area is 204 Å². The first kappa shape index (κ1) is 24.3. The molecule has 0 aliphatic rings. The van der Waals surface area contributed by atoms with Gasteiger partial charge in [0, 0.05) is 33.8 Å². The number of hydrogen-bond acceptors (Lipinski definition) is 5. The Hall–Kier alpha value is -3.88. The summed E-state index contributed by atoms with van der Waals surface area (Å²) >= 11 is 0. The molecule has 4 rings (SSSR count). The molecule has 180 valence electrons. The number of carbonyl (C=O) groups excluding carboxylic acids is 1. The van der Waals surface area contributed by atoms with E-state index in [1.54, 1.807) is 19.4 Å². The Kier molecular flexibility index (Phi) is 6.51. The van der Waals surface area contributed by atoms with Crippen LogP contribution in [0.15, 0.2) is 76.2 Å². The summed E-state index contributed by atoms with van der Waals surface area (Å²) in [6.45, 7) is 5.77. The summed E-state index contributed by atoms with van der Waals surface area (Å²) in [7, 11) is -2.30. The maximum absolute atomic E-state index is 12.7. The van der Waals surface area contributed by atoms with Crippen molar-refractivity contribution in [2.24, 2.45) is 5.14 Å². The minimum Gasteiger partial charge on any atom is -0.496 e. The van der Waals surface area contributed by atoms with Crippen LogP contribution in [-0.2, 0) is 14.8 Å². The molecular formula is C27H26N2O5S. The molecule has 3 aromatic carbocycles. The van der Waals surface area contributed by atoms with E-state index >= 15 is 0 Å². The first-order valence-corrected chi connectivity index (χ1v) is 12.4. The zero-order valence-electron chi connectivity index (χ0n) is 19.9. The maximum Gasteiger partial charge on any atom is 0.248 e. The normalized spacial score (nSPS) is 12.1. The molecule has 0 saturated carbocycles. The second-order valence-corrected chi connectivity index (χ2v) is 9.93. The van der Waals surface area contributed by atoms with Crippen LogP contribution in [0.2, 0.25) is 0 Å². The number of anilines is 1. The molecule has 0 aliphatic carbocycles. The predicted molar refractivity (Wildman–Crippen MR) is 138 cm³/mol. The Morgan fingerprint density at radius 2 is 1.80 bits per heavy atom. The molecule has 3 N–H and O–H groups in total. The van der Waals surface area contributed by atoms with E-state index in [0.29, 0.717) is 17.0 Å². The number of carbonyl (C=O) groups is 1. The van der Waals surface area contributed by atoms with Gasteiger partial charge in [-0.25, -0.2) is 13.6 Å². The van der Waals surface area contributed by atoms with E-state index in [0.717, 1.165) is 33.2 Å². The number of fused-ring (bicyclic) bond motifs is 1. The smallest absolute Gasteiger partial charge is 0.248 e. The van der Waals surface area contributed by atoms with Crippen molar-refractivity contribution in [1.29, 1.82) is 0 Å². The van der Waals surface area contributed by atoms with Gasteiger partial charge in [-0.15, -0.1) is 0 Å². The summed E-state index contributed by atoms with van der Waals surface area (Å²) in [6.07, 6.45) is 3.17. The van der Waals surface area contributed by atoms with Gasteiger partial charge < -0.3 is 14.5 Å². The van der Waals surface area contributed by atoms with Gasteiger partial charge in [0.05, 0.1) is 18.3 Å². The molecule has 0 spiro atoms. The molecule has 1 aromatic heterocycles. The third kappa shape index (κ3) is 4.99. The molecular weight excluding hydrogens is 464 g/mol. The fraction of sp³-hybridized carbons (Fsp3) is 0.148. The number of sulfonamides is 1. The minimum absolute atomic E-state index is 0.0812. The first-order chi connectivity index (χ1) is 16.6. The quantitative estimate of drug-likeness (QED) is 0.351. The Balaban J connectivity index is 1.73. The van der Waals surface area contributed by atoms with Crippen LogP contribution in [0.1, 0.15) is 23.6 Å². The summed E-state index contributed by atoms with van der Waals surface area (Å²) in [6, 6.07) is 15.9. The number of primary sulfonamides is 1. The average molecular weight is 491 g/mol. The number of methoxy groups -OCH3 is 1. The van der Waals surface area contributed by atoms with Crippen LogP contribution in [0, 0.1) is 13.8 Å². The van der Waals surface area contributed by atoms with Crippen LogP contribution >= 0.6 is 0 Å². The number of allylic oxidation sites excluding steroid dienone is 1. The van der Waals surface area contributed by atoms with Crippen LogP contribution in [0.5, 0.6) is 5.75 Å². The number of aryl methyl sites for hydroxylation is 2. The molecule has 7 nitrogen and oxygen atoms in total. The molecule has 4 aromatic rings. The highest BCUT2D eigenvalue weighted by Gasteiger charge is 2.19. The second-order valence-electron chi connectivity index (χ2n) is 8.36. The van der Waals surface area contributed by atoms with Gasteiger partial charge in [-0.05, 0) is 56.2 Å². The van der Waals surface area contributed by atoms with Gasteiger partial charge in [0.2, 0.25) is 15.9 Å². The summed E-state index contributed by atoms with van der Waals surface area (Å²) in [5.74, 6) is 0.194. The summed E-state index contributed by atoms with van der Waals surface area (Å²) < 4.78 is 34.8. The number of benzene rings is 3. The molecule has 0 radical (unpaired) electrons. The van der Waals surface area contributed by atoms with Crippen LogP contribution < -0.4 is 15.2 Å². The third-order valence-electron chi connectivity index (χ3n) is 5.81. The van der Waals surface area contributed by atoms with Crippen LogP contribution in [0.4, 0.5) is 5.69 Å². The van der Waals surface area contributed by atoms with Crippen molar-refractivity contribution in [2.45, 2.75) is 25.7 Å². The highest BCUT2D eigenvalue weighted by molar-refractivity contribution is 7.89. The summed E-state index contributed by atoms with van der Waals surface area (Å²) in [5, 5.41) is 8.78. The minimum atomic E-state index is -3.88. The van der Waals surface area contributed by atoms with Crippen molar-refractivity contribution in [3.8, 4) is 16.9 Å². The molecule has 1 amide bonds. The van der Waals surface area contributed by atoms with Crippen molar-refractivity contribution in [3.63, 3.8) is 0 Å².